The van der Waals surface area contributed by atoms with Crippen molar-refractivity contribution in [1.82, 2.24) is 20.6 Å². The molecule has 0 spiro atoms. The van der Waals surface area contributed by atoms with Gasteiger partial charge in [-0.15, -0.1) is 0 Å². The van der Waals surface area contributed by atoms with E-state index in [1.807, 2.05) is 7.05 Å². The summed E-state index contributed by atoms with van der Waals surface area (Å²) in [6.07, 6.45) is 5.32. The summed E-state index contributed by atoms with van der Waals surface area (Å²) in [7, 11) is 1.95. The van der Waals surface area contributed by atoms with Crippen LogP contribution in [0, 0.1) is 11.8 Å². The Labute approximate surface area is 153 Å². The maximum absolute atomic E-state index is 11.6. The predicted octanol–water partition coefficient (Wildman–Crippen LogP) is 2.07. The highest BCUT2D eigenvalue weighted by atomic mass is 32.2. The summed E-state index contributed by atoms with van der Waals surface area (Å²) in [5.74, 6) is 0.779. The van der Waals surface area contributed by atoms with Crippen molar-refractivity contribution in [2.24, 2.45) is 11.8 Å². The van der Waals surface area contributed by atoms with Crippen LogP contribution in [0.25, 0.3) is 0 Å². The second-order valence-corrected chi connectivity index (χ2v) is 7.02. The third kappa shape index (κ3) is 6.30. The molecule has 8 heteroatoms. The van der Waals surface area contributed by atoms with Crippen LogP contribution in [0.5, 0.6) is 0 Å². The van der Waals surface area contributed by atoms with E-state index in [0.29, 0.717) is 23.5 Å². The molecule has 0 saturated carbocycles. The molecule has 1 aromatic rings. The first-order valence-electron chi connectivity index (χ1n) is 8.39. The molecular formula is C17H26N4O3S. The van der Waals surface area contributed by atoms with Crippen LogP contribution in [0.4, 0.5) is 4.79 Å². The van der Waals surface area contributed by atoms with E-state index in [1.54, 1.807) is 18.5 Å². The second-order valence-electron chi connectivity index (χ2n) is 5.96. The van der Waals surface area contributed by atoms with Crippen LogP contribution in [0.15, 0.2) is 36.3 Å². The fourth-order valence-electron chi connectivity index (χ4n) is 2.77. The van der Waals surface area contributed by atoms with E-state index in [1.165, 1.54) is 17.8 Å². The number of hydrogen-bond acceptors (Lipinski definition) is 7. The van der Waals surface area contributed by atoms with Gasteiger partial charge in [-0.1, -0.05) is 31.3 Å². The van der Waals surface area contributed by atoms with Gasteiger partial charge in [0.1, 0.15) is 12.0 Å². The molecule has 0 aromatic carbocycles. The lowest BCUT2D eigenvalue weighted by Crippen LogP contribution is -2.46. The minimum atomic E-state index is -0.456. The van der Waals surface area contributed by atoms with Crippen LogP contribution in [0.1, 0.15) is 13.3 Å². The summed E-state index contributed by atoms with van der Waals surface area (Å²) in [6.45, 7) is 7.21. The highest BCUT2D eigenvalue weighted by Gasteiger charge is 2.36. The monoisotopic (exact) mass is 366 g/mol. The Hall–Kier alpha value is -1.64. The van der Waals surface area contributed by atoms with Gasteiger partial charge in [0.15, 0.2) is 5.16 Å². The standard InChI is InChI=1S/C17H26N4O3S/c1-4-8-23-17(22)21-11-14-9-13(10-18-3)12(2)15(24-14)25-16-19-6-5-7-20-16/h4-7,12-15,18H,1,8-11H2,2-3H3,(H,21,22)/t12?,13-,14?,15?/m1/s1. The van der Waals surface area contributed by atoms with Gasteiger partial charge in [0.25, 0.3) is 0 Å². The number of carbonyl (C=O) groups excluding carboxylic acids is 1. The maximum Gasteiger partial charge on any atom is 0.407 e. The molecule has 1 saturated heterocycles. The van der Waals surface area contributed by atoms with Crippen molar-refractivity contribution in [2.45, 2.75) is 30.0 Å². The Kier molecular flexibility index (Phi) is 8.17. The highest BCUT2D eigenvalue weighted by Crippen LogP contribution is 2.37. The Balaban J connectivity index is 1.95. The van der Waals surface area contributed by atoms with E-state index in [9.17, 15) is 4.79 Å². The third-order valence-electron chi connectivity index (χ3n) is 4.10. The normalized spacial score (nSPS) is 26.0. The Morgan fingerprint density at radius 2 is 2.24 bits per heavy atom. The zero-order valence-electron chi connectivity index (χ0n) is 14.7. The van der Waals surface area contributed by atoms with E-state index in [-0.39, 0.29) is 18.1 Å². The molecular weight excluding hydrogens is 340 g/mol. The summed E-state index contributed by atoms with van der Waals surface area (Å²) in [5, 5.41) is 6.70. The Morgan fingerprint density at radius 3 is 2.92 bits per heavy atom. The lowest BCUT2D eigenvalue weighted by Gasteiger charge is -2.40. The van der Waals surface area contributed by atoms with E-state index in [0.717, 1.165) is 13.0 Å². The van der Waals surface area contributed by atoms with E-state index in [4.69, 9.17) is 9.47 Å². The van der Waals surface area contributed by atoms with Gasteiger partial charge in [-0.05, 0) is 37.9 Å². The Bertz CT molecular complexity index is 546. The zero-order valence-corrected chi connectivity index (χ0v) is 15.5. The third-order valence-corrected chi connectivity index (χ3v) is 5.30. The SMILES string of the molecule is C=CCOC(=O)NCC1C[C@H](CNC)C(C)C(Sc2ncccn2)O1. The molecule has 1 fully saturated rings. The van der Waals surface area contributed by atoms with E-state index in [2.05, 4.69) is 34.1 Å². The van der Waals surface area contributed by atoms with Gasteiger partial charge >= 0.3 is 6.09 Å². The molecule has 1 amide bonds. The largest absolute Gasteiger partial charge is 0.445 e. The van der Waals surface area contributed by atoms with Gasteiger partial charge in [0.05, 0.1) is 6.10 Å². The van der Waals surface area contributed by atoms with Gasteiger partial charge < -0.3 is 20.1 Å². The molecule has 1 aliphatic heterocycles. The molecule has 25 heavy (non-hydrogen) atoms. The average Bonchev–Trinajstić information content (AvgIpc) is 2.62. The molecule has 0 aliphatic carbocycles. The number of aromatic nitrogens is 2. The van der Waals surface area contributed by atoms with Crippen molar-refractivity contribution < 1.29 is 14.3 Å². The molecule has 4 atom stereocenters. The molecule has 3 unspecified atom stereocenters. The number of rotatable bonds is 8. The number of carbonyl (C=O) groups is 1. The summed E-state index contributed by atoms with van der Waals surface area (Å²) in [5.41, 5.74) is -0.0644. The molecule has 0 bridgehead atoms. The molecule has 0 radical (unpaired) electrons. The molecule has 1 aromatic heterocycles. The molecule has 2 heterocycles. The van der Waals surface area contributed by atoms with Crippen molar-refractivity contribution in [3.8, 4) is 0 Å². The minimum absolute atomic E-state index is 0.0644. The molecule has 7 nitrogen and oxygen atoms in total. The second kappa shape index (κ2) is 10.4. The smallest absolute Gasteiger partial charge is 0.407 e. The lowest BCUT2D eigenvalue weighted by atomic mass is 9.86. The maximum atomic E-state index is 11.6. The van der Waals surface area contributed by atoms with Crippen LogP contribution in [-0.4, -0.2) is 54.3 Å². The molecule has 2 rings (SSSR count). The fraction of sp³-hybridized carbons (Fsp3) is 0.588. The number of hydrogen-bond donors (Lipinski definition) is 2. The van der Waals surface area contributed by atoms with Gasteiger partial charge in [0.2, 0.25) is 0 Å². The fourth-order valence-corrected chi connectivity index (χ4v) is 3.88. The average molecular weight is 366 g/mol. The summed E-state index contributed by atoms with van der Waals surface area (Å²) in [6, 6.07) is 1.79. The van der Waals surface area contributed by atoms with Crippen LogP contribution >= 0.6 is 11.8 Å². The number of nitrogens with one attached hydrogen (secondary N) is 2. The van der Waals surface area contributed by atoms with E-state index >= 15 is 0 Å². The Morgan fingerprint density at radius 1 is 1.48 bits per heavy atom. The molecule has 138 valence electrons. The van der Waals surface area contributed by atoms with Crippen LogP contribution < -0.4 is 10.6 Å². The number of nitrogens with zero attached hydrogens (tertiary/aromatic N) is 2. The number of amides is 1. The van der Waals surface area contributed by atoms with Gasteiger partial charge in [0, 0.05) is 18.9 Å². The van der Waals surface area contributed by atoms with Gasteiger partial charge in [-0.2, -0.15) is 0 Å². The van der Waals surface area contributed by atoms with Crippen molar-refractivity contribution in [3.05, 3.63) is 31.1 Å². The first kappa shape index (κ1) is 19.7. The predicted molar refractivity (Wildman–Crippen MR) is 97.3 cm³/mol. The number of alkyl carbamates (subject to hydrolysis) is 1. The first-order valence-corrected chi connectivity index (χ1v) is 9.27. The van der Waals surface area contributed by atoms with Gasteiger partial charge in [-0.3, -0.25) is 0 Å². The van der Waals surface area contributed by atoms with Crippen molar-refractivity contribution in [1.29, 1.82) is 0 Å². The topological polar surface area (TPSA) is 85.4 Å². The number of thioether (sulfide) groups is 1. The first-order chi connectivity index (χ1) is 12.1. The highest BCUT2D eigenvalue weighted by molar-refractivity contribution is 7.99. The van der Waals surface area contributed by atoms with Crippen molar-refractivity contribution >= 4 is 17.9 Å². The zero-order chi connectivity index (χ0) is 18.1. The number of ether oxygens (including phenoxy) is 2. The van der Waals surface area contributed by atoms with Gasteiger partial charge in [-0.25, -0.2) is 14.8 Å². The van der Waals surface area contributed by atoms with Crippen molar-refractivity contribution in [2.75, 3.05) is 26.7 Å². The summed E-state index contributed by atoms with van der Waals surface area (Å²) < 4.78 is 11.1. The van der Waals surface area contributed by atoms with E-state index < -0.39 is 6.09 Å². The molecule has 1 aliphatic rings. The van der Waals surface area contributed by atoms with Crippen LogP contribution in [-0.2, 0) is 9.47 Å². The summed E-state index contributed by atoms with van der Waals surface area (Å²) >= 11 is 1.52. The quantitative estimate of drug-likeness (QED) is 0.538. The lowest BCUT2D eigenvalue weighted by molar-refractivity contribution is -0.0579. The molecule has 2 N–H and O–H groups in total. The van der Waals surface area contributed by atoms with Crippen molar-refractivity contribution in [3.63, 3.8) is 0 Å². The van der Waals surface area contributed by atoms with Crippen LogP contribution in [0.3, 0.4) is 0 Å². The minimum Gasteiger partial charge on any atom is -0.445 e. The van der Waals surface area contributed by atoms with Crippen LogP contribution in [0.2, 0.25) is 0 Å². The summed E-state index contributed by atoms with van der Waals surface area (Å²) in [4.78, 5) is 20.2.